The molecule has 0 radical (unpaired) electrons. The predicted octanol–water partition coefficient (Wildman–Crippen LogP) is 3.91. The zero-order chi connectivity index (χ0) is 23.7. The number of ether oxygens (including phenoxy) is 3. The maximum absolute atomic E-state index is 13.1. The highest BCUT2D eigenvalue weighted by Crippen LogP contribution is 2.39. The summed E-state index contributed by atoms with van der Waals surface area (Å²) in [5.41, 5.74) is -0.717. The fourth-order valence-electron chi connectivity index (χ4n) is 4.34. The van der Waals surface area contributed by atoms with Crippen molar-refractivity contribution >= 4 is 17.8 Å². The first-order chi connectivity index (χ1) is 15.3. The third-order valence-electron chi connectivity index (χ3n) is 6.03. The molecule has 0 amide bonds. The van der Waals surface area contributed by atoms with Gasteiger partial charge in [-0.1, -0.05) is 64.7 Å². The van der Waals surface area contributed by atoms with Crippen LogP contribution in [0, 0.1) is 11.8 Å². The van der Waals surface area contributed by atoms with Crippen LogP contribution in [0.15, 0.2) is 35.3 Å². The van der Waals surface area contributed by atoms with Crippen molar-refractivity contribution in [1.29, 1.82) is 0 Å². The summed E-state index contributed by atoms with van der Waals surface area (Å²) in [6, 6.07) is 9.32. The maximum atomic E-state index is 13.1. The third-order valence-corrected chi connectivity index (χ3v) is 6.03. The van der Waals surface area contributed by atoms with Crippen LogP contribution in [0.25, 0.3) is 0 Å². The summed E-state index contributed by atoms with van der Waals surface area (Å²) in [6.07, 6.45) is 2.50. The molecule has 0 saturated carbocycles. The fourth-order valence-corrected chi connectivity index (χ4v) is 4.34. The van der Waals surface area contributed by atoms with E-state index in [1.165, 1.54) is 14.2 Å². The minimum absolute atomic E-state index is 0.0904. The third kappa shape index (κ3) is 5.88. The number of methoxy groups -OCH3 is 2. The Balaban J connectivity index is 2.39. The normalized spacial score (nSPS) is 22.1. The molecule has 1 heterocycles. The van der Waals surface area contributed by atoms with Gasteiger partial charge in [0.05, 0.1) is 26.2 Å². The molecule has 0 unspecified atom stereocenters. The summed E-state index contributed by atoms with van der Waals surface area (Å²) in [4.78, 5) is 30.2. The van der Waals surface area contributed by atoms with Gasteiger partial charge in [-0.05, 0) is 24.5 Å². The highest BCUT2D eigenvalue weighted by molar-refractivity contribution is 5.99. The Hall–Kier alpha value is -2.41. The van der Waals surface area contributed by atoms with E-state index in [0.717, 1.165) is 31.2 Å². The van der Waals surface area contributed by atoms with Crippen molar-refractivity contribution in [3.63, 3.8) is 0 Å². The Labute approximate surface area is 191 Å². The Morgan fingerprint density at radius 1 is 1.12 bits per heavy atom. The number of unbranched alkanes of at least 4 members (excludes halogenated alkanes) is 3. The van der Waals surface area contributed by atoms with Gasteiger partial charge >= 0.3 is 11.9 Å². The molecule has 0 aromatic heterocycles. The van der Waals surface area contributed by atoms with E-state index in [4.69, 9.17) is 14.2 Å². The first kappa shape index (κ1) is 25.8. The summed E-state index contributed by atoms with van der Waals surface area (Å²) in [7, 11) is 2.61. The summed E-state index contributed by atoms with van der Waals surface area (Å²) >= 11 is 0. The van der Waals surface area contributed by atoms with Gasteiger partial charge in [0.25, 0.3) is 0 Å². The van der Waals surface area contributed by atoms with Crippen molar-refractivity contribution in [3.8, 4) is 0 Å². The number of aliphatic imine (C=N–C) groups is 1. The number of nitrogens with zero attached hydrogens (tertiary/aromatic N) is 1. The molecule has 4 atom stereocenters. The topological polar surface area (TPSA) is 94.4 Å². The molecular formula is C25H37NO6. The van der Waals surface area contributed by atoms with Gasteiger partial charge in [-0.2, -0.15) is 0 Å². The van der Waals surface area contributed by atoms with Gasteiger partial charge in [-0.3, -0.25) is 4.79 Å². The number of hydrogen-bond acceptors (Lipinski definition) is 7. The van der Waals surface area contributed by atoms with Crippen LogP contribution in [-0.2, 0) is 23.8 Å². The Kier molecular flexibility index (Phi) is 9.69. The van der Waals surface area contributed by atoms with Crippen molar-refractivity contribution in [2.45, 2.75) is 77.0 Å². The number of benzene rings is 1. The average Bonchev–Trinajstić information content (AvgIpc) is 3.19. The zero-order valence-electron chi connectivity index (χ0n) is 19.9. The first-order valence-electron chi connectivity index (χ1n) is 11.5. The average molecular weight is 448 g/mol. The lowest BCUT2D eigenvalue weighted by Gasteiger charge is -2.34. The van der Waals surface area contributed by atoms with Crippen LogP contribution < -0.4 is 0 Å². The van der Waals surface area contributed by atoms with E-state index in [1.54, 1.807) is 0 Å². The summed E-state index contributed by atoms with van der Waals surface area (Å²) in [5, 5.41) is 11.2. The zero-order valence-corrected chi connectivity index (χ0v) is 19.9. The molecule has 1 N–H and O–H groups in total. The SMILES string of the molecule is CCCCCC[C@@H](C(=O)OC)[C@@H](O)C[C@@]1(C(=O)OC)N=C(c2ccccc2)O[C@H]1C(C)C. The quantitative estimate of drug-likeness (QED) is 0.386. The lowest BCUT2D eigenvalue weighted by Crippen LogP contribution is -2.52. The van der Waals surface area contributed by atoms with Crippen molar-refractivity contribution in [3.05, 3.63) is 35.9 Å². The van der Waals surface area contributed by atoms with Gasteiger partial charge in [-0.15, -0.1) is 0 Å². The van der Waals surface area contributed by atoms with E-state index in [-0.39, 0.29) is 12.3 Å². The highest BCUT2D eigenvalue weighted by Gasteiger charge is 2.56. The van der Waals surface area contributed by atoms with Crippen LogP contribution in [0.4, 0.5) is 0 Å². The van der Waals surface area contributed by atoms with Crippen molar-refractivity contribution < 1.29 is 28.9 Å². The van der Waals surface area contributed by atoms with Crippen molar-refractivity contribution in [2.24, 2.45) is 16.8 Å². The number of aliphatic hydroxyl groups excluding tert-OH is 1. The van der Waals surface area contributed by atoms with E-state index in [0.29, 0.717) is 12.3 Å². The molecular weight excluding hydrogens is 410 g/mol. The standard InChI is InChI=1S/C25H37NO6/c1-6-7-8-12-15-19(23(28)30-4)20(27)16-25(24(29)31-5)21(17(2)3)32-22(26-25)18-13-10-9-11-14-18/h9-11,13-14,17,19-21,27H,6-8,12,15-16H2,1-5H3/t19-,20+,21+,25-/m1/s1. The van der Waals surface area contributed by atoms with Gasteiger partial charge < -0.3 is 19.3 Å². The van der Waals surface area contributed by atoms with Crippen LogP contribution in [0.5, 0.6) is 0 Å². The lowest BCUT2D eigenvalue weighted by molar-refractivity contribution is -0.157. The second-order valence-electron chi connectivity index (χ2n) is 8.73. The smallest absolute Gasteiger partial charge is 0.337 e. The lowest BCUT2D eigenvalue weighted by atomic mass is 9.78. The largest absolute Gasteiger partial charge is 0.471 e. The number of carbonyl (C=O) groups excluding carboxylic acids is 2. The van der Waals surface area contributed by atoms with Gasteiger partial charge in [0, 0.05) is 12.0 Å². The molecule has 178 valence electrons. The van der Waals surface area contributed by atoms with Crippen molar-refractivity contribution in [2.75, 3.05) is 14.2 Å². The molecule has 1 aliphatic rings. The number of esters is 2. The van der Waals surface area contributed by atoms with Gasteiger partial charge in [0.2, 0.25) is 11.4 Å². The van der Waals surface area contributed by atoms with E-state index in [1.807, 2.05) is 44.2 Å². The number of hydrogen-bond donors (Lipinski definition) is 1. The van der Waals surface area contributed by atoms with E-state index in [2.05, 4.69) is 11.9 Å². The summed E-state index contributed by atoms with van der Waals surface area (Å²) in [6.45, 7) is 5.97. The van der Waals surface area contributed by atoms with Gasteiger partial charge in [-0.25, -0.2) is 9.79 Å². The fraction of sp³-hybridized carbons (Fsp3) is 0.640. The molecule has 32 heavy (non-hydrogen) atoms. The number of aliphatic hydroxyl groups is 1. The van der Waals surface area contributed by atoms with Crippen LogP contribution in [0.2, 0.25) is 0 Å². The molecule has 0 fully saturated rings. The highest BCUT2D eigenvalue weighted by atomic mass is 16.5. The summed E-state index contributed by atoms with van der Waals surface area (Å²) in [5.74, 6) is -1.58. The first-order valence-corrected chi connectivity index (χ1v) is 11.5. The Morgan fingerprint density at radius 2 is 1.81 bits per heavy atom. The van der Waals surface area contributed by atoms with Crippen LogP contribution in [0.1, 0.15) is 64.9 Å². The van der Waals surface area contributed by atoms with Crippen LogP contribution in [0.3, 0.4) is 0 Å². The second-order valence-corrected chi connectivity index (χ2v) is 8.73. The molecule has 1 aromatic carbocycles. The van der Waals surface area contributed by atoms with E-state index >= 15 is 0 Å². The van der Waals surface area contributed by atoms with E-state index < -0.39 is 35.6 Å². The summed E-state index contributed by atoms with van der Waals surface area (Å²) < 4.78 is 16.2. The van der Waals surface area contributed by atoms with Crippen LogP contribution in [-0.4, -0.2) is 54.9 Å². The van der Waals surface area contributed by atoms with Crippen molar-refractivity contribution in [1.82, 2.24) is 0 Å². The van der Waals surface area contributed by atoms with Crippen LogP contribution >= 0.6 is 0 Å². The van der Waals surface area contributed by atoms with Gasteiger partial charge in [0.1, 0.15) is 6.10 Å². The molecule has 2 rings (SSSR count). The number of rotatable bonds is 12. The van der Waals surface area contributed by atoms with Gasteiger partial charge in [0.15, 0.2) is 0 Å². The molecule has 7 nitrogen and oxygen atoms in total. The molecule has 1 aromatic rings. The molecule has 1 aliphatic heterocycles. The molecule has 0 spiro atoms. The minimum Gasteiger partial charge on any atom is -0.471 e. The molecule has 0 saturated heterocycles. The number of carbonyl (C=O) groups is 2. The monoisotopic (exact) mass is 447 g/mol. The molecule has 7 heteroatoms. The second kappa shape index (κ2) is 12.0. The molecule has 0 bridgehead atoms. The van der Waals surface area contributed by atoms with E-state index in [9.17, 15) is 14.7 Å². The molecule has 0 aliphatic carbocycles. The minimum atomic E-state index is -1.46. The maximum Gasteiger partial charge on any atom is 0.337 e. The Morgan fingerprint density at radius 3 is 2.38 bits per heavy atom. The Bertz CT molecular complexity index is 778. The predicted molar refractivity (Wildman–Crippen MR) is 122 cm³/mol.